The van der Waals surface area contributed by atoms with Gasteiger partial charge in [0.25, 0.3) is 11.6 Å². The van der Waals surface area contributed by atoms with Gasteiger partial charge in [-0.1, -0.05) is 12.2 Å². The van der Waals surface area contributed by atoms with Crippen LogP contribution in [-0.4, -0.2) is 97.7 Å². The molecule has 18 heteroatoms. The Hall–Kier alpha value is -5.88. The van der Waals surface area contributed by atoms with Crippen molar-refractivity contribution >= 4 is 46.2 Å². The van der Waals surface area contributed by atoms with Crippen LogP contribution in [0.1, 0.15) is 50.2 Å². The van der Waals surface area contributed by atoms with Gasteiger partial charge in [0.05, 0.1) is 22.8 Å². The maximum Gasteiger partial charge on any atom is 0.296 e. The van der Waals surface area contributed by atoms with Gasteiger partial charge in [-0.05, 0) is 63.4 Å². The molecule has 2 aliphatic heterocycles. The number of pyridine rings is 1. The van der Waals surface area contributed by atoms with Crippen molar-refractivity contribution in [3.05, 3.63) is 75.2 Å². The zero-order chi connectivity index (χ0) is 36.9. The minimum Gasteiger partial charge on any atom is -0.491 e. The third-order valence-corrected chi connectivity index (χ3v) is 9.28. The smallest absolute Gasteiger partial charge is 0.296 e. The molecule has 2 saturated heterocycles. The molecule has 274 valence electrons. The van der Waals surface area contributed by atoms with E-state index in [1.807, 2.05) is 6.92 Å². The van der Waals surface area contributed by atoms with Crippen molar-refractivity contribution in [3.63, 3.8) is 0 Å². The molecule has 6 rings (SSSR count). The maximum absolute atomic E-state index is 13.3. The third-order valence-electron chi connectivity index (χ3n) is 9.28. The Balaban J connectivity index is 1.17. The predicted molar refractivity (Wildman–Crippen MR) is 192 cm³/mol. The predicted octanol–water partition coefficient (Wildman–Crippen LogP) is 1.90. The lowest BCUT2D eigenvalue weighted by molar-refractivity contribution is -0.384. The molecule has 1 aromatic carbocycles. The second-order valence-corrected chi connectivity index (χ2v) is 12.9. The van der Waals surface area contributed by atoms with Gasteiger partial charge in [-0.25, -0.2) is 9.97 Å². The van der Waals surface area contributed by atoms with Gasteiger partial charge >= 0.3 is 0 Å². The van der Waals surface area contributed by atoms with Crippen LogP contribution in [0.15, 0.2) is 42.6 Å². The highest BCUT2D eigenvalue weighted by atomic mass is 16.6. The number of fused-ring (bicyclic) bond motifs is 2. The van der Waals surface area contributed by atoms with E-state index in [0.717, 1.165) is 38.8 Å². The van der Waals surface area contributed by atoms with Crippen molar-refractivity contribution in [2.45, 2.75) is 33.4 Å². The van der Waals surface area contributed by atoms with Crippen LogP contribution in [-0.2, 0) is 13.1 Å². The molecule has 2 unspecified atom stereocenters. The number of carbonyl (C=O) groups is 3. The van der Waals surface area contributed by atoms with E-state index in [0.29, 0.717) is 54.0 Å². The normalized spacial score (nSPS) is 17.1. The zero-order valence-corrected chi connectivity index (χ0v) is 29.0. The molecule has 2 atom stereocenters. The van der Waals surface area contributed by atoms with Crippen LogP contribution < -0.4 is 32.2 Å². The number of aromatic nitrogens is 5. The number of hydrogen-bond acceptors (Lipinski definition) is 12. The molecule has 0 radical (unpaired) electrons. The van der Waals surface area contributed by atoms with Crippen LogP contribution in [0.2, 0.25) is 0 Å². The first-order valence-electron chi connectivity index (χ1n) is 17.1. The van der Waals surface area contributed by atoms with Crippen molar-refractivity contribution in [3.8, 4) is 5.75 Å². The van der Waals surface area contributed by atoms with Gasteiger partial charge in [-0.2, -0.15) is 5.10 Å². The number of nitro groups is 1. The highest BCUT2D eigenvalue weighted by molar-refractivity contribution is 6.03. The van der Waals surface area contributed by atoms with Gasteiger partial charge in [0, 0.05) is 57.1 Å². The fraction of sp³-hybridized carbons (Fsp3) is 0.412. The number of rotatable bonds is 16. The standard InChI is InChI=1S/C34H42N12O6/c1-3-45-27(11-20(2)42-45)33(49)41-34-40-25-12-22(31(36)48)17-39-32(25)44(34)9-5-4-7-38-29-26(46(50)51)13-21(30(35)47)14-28(29)52-10-6-8-43-18-23-15-37-16-24(23)19-43/h4-5,11-14,17,23-24,37-38H,3,6-10,15-16,18-19H2,1-2H3,(H2,35,47)(H2,36,48)(H,40,41,49)/b5-4+. The summed E-state index contributed by atoms with van der Waals surface area (Å²) in [5.41, 5.74) is 12.6. The molecule has 4 aromatic rings. The van der Waals surface area contributed by atoms with E-state index in [1.54, 1.807) is 34.4 Å². The first-order chi connectivity index (χ1) is 25.0. The molecule has 52 heavy (non-hydrogen) atoms. The number of nitro benzene ring substituents is 1. The topological polar surface area (TPSA) is 243 Å². The molecule has 0 bridgehead atoms. The average molecular weight is 715 g/mol. The SMILES string of the molecule is CCn1nc(C)cc1C(=O)Nc1nc2cc(C(N)=O)cnc2n1C/C=C/CNc1c(OCCCN2CC3CNCC3C2)cc(C(N)=O)cc1[N+](=O)[O-]. The molecule has 3 aromatic heterocycles. The molecule has 2 aliphatic rings. The fourth-order valence-corrected chi connectivity index (χ4v) is 6.76. The van der Waals surface area contributed by atoms with Crippen LogP contribution in [0.5, 0.6) is 5.75 Å². The monoisotopic (exact) mass is 714 g/mol. The maximum atomic E-state index is 13.3. The molecular formula is C34H42N12O6. The Morgan fingerprint density at radius 2 is 1.85 bits per heavy atom. The summed E-state index contributed by atoms with van der Waals surface area (Å²) in [6, 6.07) is 5.71. The number of amides is 3. The molecular weight excluding hydrogens is 672 g/mol. The number of hydrogen-bond donors (Lipinski definition) is 5. The van der Waals surface area contributed by atoms with Gasteiger partial charge in [0.2, 0.25) is 17.8 Å². The number of imidazole rings is 1. The van der Waals surface area contributed by atoms with E-state index in [1.165, 1.54) is 18.3 Å². The van der Waals surface area contributed by atoms with Crippen molar-refractivity contribution in [2.24, 2.45) is 23.3 Å². The Morgan fingerprint density at radius 1 is 1.10 bits per heavy atom. The number of primary amides is 2. The minimum atomic E-state index is -0.807. The second kappa shape index (κ2) is 15.6. The van der Waals surface area contributed by atoms with Gasteiger partial charge < -0.3 is 31.7 Å². The van der Waals surface area contributed by atoms with Crippen molar-refractivity contribution in [2.75, 3.05) is 56.5 Å². The van der Waals surface area contributed by atoms with Gasteiger partial charge in [-0.15, -0.1) is 0 Å². The molecule has 3 amide bonds. The average Bonchev–Trinajstić information content (AvgIpc) is 3.89. The molecule has 18 nitrogen and oxygen atoms in total. The Kier molecular flexibility index (Phi) is 10.8. The van der Waals surface area contributed by atoms with Crippen molar-refractivity contribution in [1.82, 2.24) is 34.5 Å². The summed E-state index contributed by atoms with van der Waals surface area (Å²) in [4.78, 5) is 59.9. The van der Waals surface area contributed by atoms with E-state index < -0.39 is 22.6 Å². The van der Waals surface area contributed by atoms with E-state index in [4.69, 9.17) is 16.2 Å². The van der Waals surface area contributed by atoms with Crippen LogP contribution in [0.3, 0.4) is 0 Å². The summed E-state index contributed by atoms with van der Waals surface area (Å²) in [6.07, 6.45) is 5.53. The number of nitrogens with one attached hydrogen (secondary N) is 3. The van der Waals surface area contributed by atoms with E-state index in [9.17, 15) is 24.5 Å². The number of allylic oxidation sites excluding steroid dienone is 1. The fourth-order valence-electron chi connectivity index (χ4n) is 6.76. The molecule has 0 saturated carbocycles. The quantitative estimate of drug-likeness (QED) is 0.0484. The summed E-state index contributed by atoms with van der Waals surface area (Å²) < 4.78 is 9.26. The first kappa shape index (κ1) is 35.9. The zero-order valence-electron chi connectivity index (χ0n) is 29.0. The van der Waals surface area contributed by atoms with Crippen LogP contribution in [0.25, 0.3) is 11.2 Å². The number of aryl methyl sites for hydroxylation is 2. The number of ether oxygens (including phenoxy) is 1. The number of nitrogens with zero attached hydrogens (tertiary/aromatic N) is 7. The number of likely N-dealkylation sites (tertiary alicyclic amines) is 1. The largest absolute Gasteiger partial charge is 0.491 e. The van der Waals surface area contributed by atoms with Gasteiger partial charge in [0.1, 0.15) is 17.0 Å². The van der Waals surface area contributed by atoms with Crippen molar-refractivity contribution in [1.29, 1.82) is 0 Å². The number of benzene rings is 1. The highest BCUT2D eigenvalue weighted by Gasteiger charge is 2.35. The minimum absolute atomic E-state index is 0.0339. The molecule has 2 fully saturated rings. The summed E-state index contributed by atoms with van der Waals surface area (Å²) in [5.74, 6) is -0.239. The first-order valence-corrected chi connectivity index (χ1v) is 17.1. The Bertz CT molecular complexity index is 2030. The van der Waals surface area contributed by atoms with Gasteiger partial charge in [-0.3, -0.25) is 39.1 Å². The summed E-state index contributed by atoms with van der Waals surface area (Å²) in [5, 5.41) is 25.8. The van der Waals surface area contributed by atoms with E-state index in [2.05, 4.69) is 35.9 Å². The lowest BCUT2D eigenvalue weighted by Crippen LogP contribution is -2.27. The van der Waals surface area contributed by atoms with Crippen LogP contribution in [0, 0.1) is 28.9 Å². The number of nitrogens with two attached hydrogens (primary N) is 2. The van der Waals surface area contributed by atoms with E-state index in [-0.39, 0.29) is 47.3 Å². The number of anilines is 2. The number of carbonyl (C=O) groups excluding carboxylic acids is 3. The second-order valence-electron chi connectivity index (χ2n) is 12.9. The third kappa shape index (κ3) is 7.87. The highest BCUT2D eigenvalue weighted by Crippen LogP contribution is 2.36. The summed E-state index contributed by atoms with van der Waals surface area (Å²) in [7, 11) is 0. The summed E-state index contributed by atoms with van der Waals surface area (Å²) in [6.45, 7) is 9.77. The van der Waals surface area contributed by atoms with Crippen LogP contribution in [0.4, 0.5) is 17.3 Å². The van der Waals surface area contributed by atoms with E-state index >= 15 is 0 Å². The molecule has 0 aliphatic carbocycles. The lowest BCUT2D eigenvalue weighted by atomic mass is 10.0. The van der Waals surface area contributed by atoms with Crippen molar-refractivity contribution < 1.29 is 24.0 Å². The molecule has 5 heterocycles. The summed E-state index contributed by atoms with van der Waals surface area (Å²) >= 11 is 0. The molecule has 0 spiro atoms. The molecule has 7 N–H and O–H groups in total. The van der Waals surface area contributed by atoms with Crippen LogP contribution >= 0.6 is 0 Å². The Morgan fingerprint density at radius 3 is 2.54 bits per heavy atom. The lowest BCUT2D eigenvalue weighted by Gasteiger charge is -2.18. The Labute approximate surface area is 298 Å². The van der Waals surface area contributed by atoms with Gasteiger partial charge in [0.15, 0.2) is 11.3 Å².